The van der Waals surface area contributed by atoms with Crippen LogP contribution in [0.2, 0.25) is 5.22 Å². The van der Waals surface area contributed by atoms with Crippen LogP contribution in [0.3, 0.4) is 0 Å². The van der Waals surface area contributed by atoms with Crippen LogP contribution in [-0.2, 0) is 0 Å². The number of amides is 1. The van der Waals surface area contributed by atoms with Gasteiger partial charge in [0.15, 0.2) is 0 Å². The Labute approximate surface area is 94.9 Å². The Kier molecular flexibility index (Phi) is 2.58. The number of hydrogen-bond acceptors (Lipinski definition) is 2. The van der Waals surface area contributed by atoms with Gasteiger partial charge in [-0.2, -0.15) is 0 Å². The van der Waals surface area contributed by atoms with Gasteiger partial charge in [-0.1, -0.05) is 15.9 Å². The number of furan rings is 1. The summed E-state index contributed by atoms with van der Waals surface area (Å²) in [5.74, 6) is -0.166. The summed E-state index contributed by atoms with van der Waals surface area (Å²) in [6.07, 6.45) is 3.43. The quantitative estimate of drug-likeness (QED) is 0.864. The molecule has 0 radical (unpaired) electrons. The van der Waals surface area contributed by atoms with Crippen molar-refractivity contribution in [1.82, 2.24) is 5.32 Å². The minimum atomic E-state index is -0.166. The van der Waals surface area contributed by atoms with Gasteiger partial charge in [0, 0.05) is 5.33 Å². The standard InChI is InChI=1S/C9H9BrClNO2/c10-5-9(2-3-9)12-8(13)6-1-4-14-7(6)11/h1,4H,2-3,5H2,(H,12,13). The maximum atomic E-state index is 11.7. The first-order chi connectivity index (χ1) is 6.67. The van der Waals surface area contributed by atoms with Crippen molar-refractivity contribution in [3.8, 4) is 0 Å². The van der Waals surface area contributed by atoms with Crippen LogP contribution in [-0.4, -0.2) is 16.8 Å². The van der Waals surface area contributed by atoms with Crippen molar-refractivity contribution in [3.05, 3.63) is 23.1 Å². The van der Waals surface area contributed by atoms with Crippen molar-refractivity contribution in [1.29, 1.82) is 0 Å². The summed E-state index contributed by atoms with van der Waals surface area (Å²) in [5, 5.41) is 3.86. The first kappa shape index (κ1) is 10.1. The highest BCUT2D eigenvalue weighted by Gasteiger charge is 2.43. The molecule has 1 heterocycles. The molecule has 1 aromatic heterocycles. The molecule has 1 fully saturated rings. The van der Waals surface area contributed by atoms with Crippen LogP contribution < -0.4 is 5.32 Å². The Morgan fingerprint density at radius 1 is 1.71 bits per heavy atom. The predicted molar refractivity (Wildman–Crippen MR) is 56.9 cm³/mol. The van der Waals surface area contributed by atoms with E-state index in [1.54, 1.807) is 6.07 Å². The van der Waals surface area contributed by atoms with Crippen molar-refractivity contribution in [2.45, 2.75) is 18.4 Å². The lowest BCUT2D eigenvalue weighted by molar-refractivity contribution is 0.0936. The fourth-order valence-corrected chi connectivity index (χ4v) is 2.11. The molecule has 1 saturated carbocycles. The molecule has 76 valence electrons. The van der Waals surface area contributed by atoms with Gasteiger partial charge >= 0.3 is 0 Å². The van der Waals surface area contributed by atoms with Crippen molar-refractivity contribution in [2.24, 2.45) is 0 Å². The van der Waals surface area contributed by atoms with E-state index in [2.05, 4.69) is 21.2 Å². The molecule has 0 atom stereocenters. The Morgan fingerprint density at radius 2 is 2.43 bits per heavy atom. The SMILES string of the molecule is O=C(NC1(CBr)CC1)c1ccoc1Cl. The maximum absolute atomic E-state index is 11.7. The number of nitrogens with one attached hydrogen (secondary N) is 1. The zero-order valence-corrected chi connectivity index (χ0v) is 9.69. The summed E-state index contributed by atoms with van der Waals surface area (Å²) in [7, 11) is 0. The van der Waals surface area contributed by atoms with Gasteiger partial charge in [-0.25, -0.2) is 0 Å². The van der Waals surface area contributed by atoms with Crippen LogP contribution in [0, 0.1) is 0 Å². The van der Waals surface area contributed by atoms with E-state index in [0.29, 0.717) is 5.56 Å². The fourth-order valence-electron chi connectivity index (χ4n) is 1.21. The molecule has 0 unspecified atom stereocenters. The van der Waals surface area contributed by atoms with Gasteiger partial charge in [-0.05, 0) is 30.5 Å². The van der Waals surface area contributed by atoms with Crippen molar-refractivity contribution in [2.75, 3.05) is 5.33 Å². The lowest BCUT2D eigenvalue weighted by atomic mass is 10.2. The average molecular weight is 279 g/mol. The summed E-state index contributed by atoms with van der Waals surface area (Å²) in [5.41, 5.74) is 0.344. The number of alkyl halides is 1. The highest BCUT2D eigenvalue weighted by molar-refractivity contribution is 9.09. The minimum Gasteiger partial charge on any atom is -0.452 e. The molecule has 0 saturated heterocycles. The van der Waals surface area contributed by atoms with E-state index < -0.39 is 0 Å². The molecule has 1 N–H and O–H groups in total. The van der Waals surface area contributed by atoms with Crippen LogP contribution in [0.15, 0.2) is 16.7 Å². The van der Waals surface area contributed by atoms with E-state index in [1.807, 2.05) is 0 Å². The Hall–Kier alpha value is -0.480. The Bertz CT molecular complexity index is 359. The second-order valence-corrected chi connectivity index (χ2v) is 4.38. The summed E-state index contributed by atoms with van der Waals surface area (Å²) >= 11 is 9.06. The summed E-state index contributed by atoms with van der Waals surface area (Å²) in [6, 6.07) is 1.57. The van der Waals surface area contributed by atoms with Gasteiger partial charge in [-0.15, -0.1) is 0 Å². The predicted octanol–water partition coefficient (Wildman–Crippen LogP) is 2.59. The van der Waals surface area contributed by atoms with Crippen molar-refractivity contribution < 1.29 is 9.21 Å². The molecule has 0 aromatic carbocycles. The van der Waals surface area contributed by atoms with E-state index >= 15 is 0 Å². The highest BCUT2D eigenvalue weighted by atomic mass is 79.9. The molecule has 5 heteroatoms. The molecule has 0 aliphatic heterocycles. The van der Waals surface area contributed by atoms with Crippen molar-refractivity contribution >= 4 is 33.4 Å². The number of halogens is 2. The molecular weight excluding hydrogens is 269 g/mol. The van der Waals surface area contributed by atoms with Crippen LogP contribution in [0.4, 0.5) is 0 Å². The first-order valence-electron chi connectivity index (χ1n) is 4.28. The van der Waals surface area contributed by atoms with Crippen molar-refractivity contribution in [3.63, 3.8) is 0 Å². The summed E-state index contributed by atoms with van der Waals surface area (Å²) in [4.78, 5) is 11.7. The Morgan fingerprint density at radius 3 is 2.86 bits per heavy atom. The van der Waals surface area contributed by atoms with E-state index in [-0.39, 0.29) is 16.7 Å². The Balaban J connectivity index is 2.07. The normalized spacial score (nSPS) is 17.9. The van der Waals surface area contributed by atoms with Gasteiger partial charge in [0.2, 0.25) is 5.22 Å². The monoisotopic (exact) mass is 277 g/mol. The number of carbonyl (C=O) groups excluding carboxylic acids is 1. The molecule has 0 bridgehead atoms. The van der Waals surface area contributed by atoms with E-state index in [4.69, 9.17) is 16.0 Å². The number of carbonyl (C=O) groups is 1. The van der Waals surface area contributed by atoms with Gasteiger partial charge in [0.05, 0.1) is 17.4 Å². The zero-order chi connectivity index (χ0) is 10.2. The molecule has 1 aliphatic carbocycles. The van der Waals surface area contributed by atoms with Crippen LogP contribution in [0.1, 0.15) is 23.2 Å². The van der Waals surface area contributed by atoms with Crippen LogP contribution in [0.25, 0.3) is 0 Å². The highest BCUT2D eigenvalue weighted by Crippen LogP contribution is 2.37. The molecular formula is C9H9BrClNO2. The number of rotatable bonds is 3. The van der Waals surface area contributed by atoms with Crippen LogP contribution in [0.5, 0.6) is 0 Å². The third-order valence-electron chi connectivity index (χ3n) is 2.35. The molecule has 1 amide bonds. The topological polar surface area (TPSA) is 42.2 Å². The molecule has 14 heavy (non-hydrogen) atoms. The third-order valence-corrected chi connectivity index (χ3v) is 3.72. The number of hydrogen-bond donors (Lipinski definition) is 1. The second kappa shape index (κ2) is 3.59. The summed E-state index contributed by atoms with van der Waals surface area (Å²) in [6.45, 7) is 0. The third kappa shape index (κ3) is 1.81. The maximum Gasteiger partial charge on any atom is 0.256 e. The molecule has 1 aliphatic rings. The zero-order valence-electron chi connectivity index (χ0n) is 7.35. The lowest BCUT2D eigenvalue weighted by Crippen LogP contribution is -2.37. The lowest BCUT2D eigenvalue weighted by Gasteiger charge is -2.12. The van der Waals surface area contributed by atoms with E-state index in [0.717, 1.165) is 18.2 Å². The van der Waals surface area contributed by atoms with Crippen LogP contribution >= 0.6 is 27.5 Å². The molecule has 2 rings (SSSR count). The van der Waals surface area contributed by atoms with Gasteiger partial charge < -0.3 is 9.73 Å². The fraction of sp³-hybridized carbons (Fsp3) is 0.444. The average Bonchev–Trinajstić information content (AvgIpc) is 2.80. The summed E-state index contributed by atoms with van der Waals surface area (Å²) < 4.78 is 4.85. The molecule has 1 aromatic rings. The smallest absolute Gasteiger partial charge is 0.256 e. The molecule has 3 nitrogen and oxygen atoms in total. The first-order valence-corrected chi connectivity index (χ1v) is 5.78. The van der Waals surface area contributed by atoms with Gasteiger partial charge in [0.1, 0.15) is 0 Å². The molecule has 0 spiro atoms. The van der Waals surface area contributed by atoms with Gasteiger partial charge in [-0.3, -0.25) is 4.79 Å². The largest absolute Gasteiger partial charge is 0.452 e. The van der Waals surface area contributed by atoms with E-state index in [1.165, 1.54) is 6.26 Å². The second-order valence-electron chi connectivity index (χ2n) is 3.48. The van der Waals surface area contributed by atoms with Gasteiger partial charge in [0.25, 0.3) is 5.91 Å². The minimum absolute atomic E-state index is 0.0579. The van der Waals surface area contributed by atoms with E-state index in [9.17, 15) is 4.79 Å².